The molecule has 0 amide bonds. The number of nitrogens with one attached hydrogen (secondary N) is 2. The van der Waals surface area contributed by atoms with E-state index >= 15 is 0 Å². The van der Waals surface area contributed by atoms with E-state index in [4.69, 9.17) is 0 Å². The smallest absolute Gasteiger partial charge is 0.229 e. The first-order valence-electron chi connectivity index (χ1n) is 7.52. The minimum atomic E-state index is 0.582. The summed E-state index contributed by atoms with van der Waals surface area (Å²) >= 11 is 0. The van der Waals surface area contributed by atoms with Gasteiger partial charge in [-0.15, -0.1) is 0 Å². The first kappa shape index (κ1) is 15.3. The standard InChI is InChI=1S/C17H24N4/c1-5-14-6-8-15(9-7-14)20-17-19-13(4)10-16(21-17)18-11-12(2)3/h6-10,12H,5,11H2,1-4H3,(H2,18,19,20,21). The van der Waals surface area contributed by atoms with E-state index in [1.807, 2.05) is 13.0 Å². The van der Waals surface area contributed by atoms with E-state index in [0.717, 1.165) is 30.2 Å². The summed E-state index contributed by atoms with van der Waals surface area (Å²) in [5.74, 6) is 2.08. The van der Waals surface area contributed by atoms with Gasteiger partial charge in [0.25, 0.3) is 0 Å². The number of benzene rings is 1. The Morgan fingerprint density at radius 2 is 1.81 bits per heavy atom. The van der Waals surface area contributed by atoms with Gasteiger partial charge in [-0.2, -0.15) is 4.98 Å². The van der Waals surface area contributed by atoms with Gasteiger partial charge in [0, 0.05) is 24.0 Å². The zero-order chi connectivity index (χ0) is 15.2. The maximum absolute atomic E-state index is 4.51. The number of anilines is 3. The normalized spacial score (nSPS) is 10.7. The molecule has 112 valence electrons. The molecule has 0 aliphatic carbocycles. The van der Waals surface area contributed by atoms with E-state index < -0.39 is 0 Å². The van der Waals surface area contributed by atoms with E-state index in [-0.39, 0.29) is 0 Å². The number of nitrogens with zero attached hydrogens (tertiary/aromatic N) is 2. The van der Waals surface area contributed by atoms with E-state index in [9.17, 15) is 0 Å². The molecule has 4 nitrogen and oxygen atoms in total. The van der Waals surface area contributed by atoms with Crippen LogP contribution in [0.15, 0.2) is 30.3 Å². The van der Waals surface area contributed by atoms with Crippen molar-refractivity contribution in [2.24, 2.45) is 5.92 Å². The lowest BCUT2D eigenvalue weighted by molar-refractivity contribution is 0.687. The Kier molecular flexibility index (Phi) is 5.14. The Morgan fingerprint density at radius 1 is 1.10 bits per heavy atom. The Bertz CT molecular complexity index is 576. The molecule has 0 saturated carbocycles. The van der Waals surface area contributed by atoms with Crippen LogP contribution in [0.2, 0.25) is 0 Å². The van der Waals surface area contributed by atoms with Gasteiger partial charge in [0.15, 0.2) is 0 Å². The molecule has 2 rings (SSSR count). The van der Waals surface area contributed by atoms with Crippen LogP contribution in [0.3, 0.4) is 0 Å². The lowest BCUT2D eigenvalue weighted by Crippen LogP contribution is -2.10. The van der Waals surface area contributed by atoms with Crippen LogP contribution in [0.25, 0.3) is 0 Å². The highest BCUT2D eigenvalue weighted by Gasteiger charge is 2.03. The molecule has 2 aromatic rings. The third-order valence-electron chi connectivity index (χ3n) is 3.16. The fourth-order valence-corrected chi connectivity index (χ4v) is 1.98. The van der Waals surface area contributed by atoms with E-state index in [1.54, 1.807) is 0 Å². The van der Waals surface area contributed by atoms with Crippen LogP contribution in [0, 0.1) is 12.8 Å². The van der Waals surface area contributed by atoms with Crippen molar-refractivity contribution >= 4 is 17.5 Å². The van der Waals surface area contributed by atoms with Crippen molar-refractivity contribution < 1.29 is 0 Å². The van der Waals surface area contributed by atoms with Gasteiger partial charge in [-0.3, -0.25) is 0 Å². The number of aromatic nitrogens is 2. The molecule has 1 aromatic heterocycles. The Hall–Kier alpha value is -2.10. The molecule has 0 saturated heterocycles. The van der Waals surface area contributed by atoms with E-state index in [1.165, 1.54) is 5.56 Å². The molecule has 1 aromatic carbocycles. The number of hydrogen-bond acceptors (Lipinski definition) is 4. The maximum atomic E-state index is 4.51. The largest absolute Gasteiger partial charge is 0.370 e. The van der Waals surface area contributed by atoms with Crippen molar-refractivity contribution in [3.05, 3.63) is 41.6 Å². The summed E-state index contributed by atoms with van der Waals surface area (Å²) in [5.41, 5.74) is 3.28. The second-order valence-electron chi connectivity index (χ2n) is 5.67. The third-order valence-corrected chi connectivity index (χ3v) is 3.16. The van der Waals surface area contributed by atoms with Gasteiger partial charge in [-0.05, 0) is 37.0 Å². The molecule has 0 bridgehead atoms. The zero-order valence-corrected chi connectivity index (χ0v) is 13.3. The average molecular weight is 284 g/mol. The lowest BCUT2D eigenvalue weighted by atomic mass is 10.1. The van der Waals surface area contributed by atoms with Gasteiger partial charge in [0.05, 0.1) is 0 Å². The molecule has 0 aliphatic heterocycles. The minimum absolute atomic E-state index is 0.582. The highest BCUT2D eigenvalue weighted by atomic mass is 15.1. The molecule has 4 heteroatoms. The second-order valence-corrected chi connectivity index (χ2v) is 5.67. The van der Waals surface area contributed by atoms with Gasteiger partial charge in [0.1, 0.15) is 5.82 Å². The molecule has 0 aliphatic rings. The number of hydrogen-bond donors (Lipinski definition) is 2. The SMILES string of the molecule is CCc1ccc(Nc2nc(C)cc(NCC(C)C)n2)cc1. The first-order chi connectivity index (χ1) is 10.1. The molecule has 2 N–H and O–H groups in total. The van der Waals surface area contributed by atoms with Crippen LogP contribution in [-0.4, -0.2) is 16.5 Å². The van der Waals surface area contributed by atoms with Gasteiger partial charge in [-0.1, -0.05) is 32.9 Å². The van der Waals surface area contributed by atoms with Crippen molar-refractivity contribution in [2.75, 3.05) is 17.2 Å². The van der Waals surface area contributed by atoms with Crippen molar-refractivity contribution in [1.82, 2.24) is 9.97 Å². The van der Waals surface area contributed by atoms with Crippen molar-refractivity contribution in [3.8, 4) is 0 Å². The Morgan fingerprint density at radius 3 is 2.43 bits per heavy atom. The summed E-state index contributed by atoms with van der Waals surface area (Å²) in [7, 11) is 0. The van der Waals surface area contributed by atoms with Gasteiger partial charge in [-0.25, -0.2) is 4.98 Å². The average Bonchev–Trinajstić information content (AvgIpc) is 2.45. The van der Waals surface area contributed by atoms with Crippen LogP contribution >= 0.6 is 0 Å². The summed E-state index contributed by atoms with van der Waals surface area (Å²) in [6, 6.07) is 10.3. The van der Waals surface area contributed by atoms with Crippen LogP contribution < -0.4 is 10.6 Å². The fourth-order valence-electron chi connectivity index (χ4n) is 1.98. The second kappa shape index (κ2) is 7.07. The number of rotatable bonds is 6. The third kappa shape index (κ3) is 4.74. The molecule has 0 radical (unpaired) electrons. The summed E-state index contributed by atoms with van der Waals surface area (Å²) in [5, 5.41) is 6.60. The summed E-state index contributed by atoms with van der Waals surface area (Å²) in [6.07, 6.45) is 1.05. The van der Waals surface area contributed by atoms with Crippen LogP contribution in [0.4, 0.5) is 17.5 Å². The molecular formula is C17H24N4. The number of aryl methyl sites for hydroxylation is 2. The molecule has 21 heavy (non-hydrogen) atoms. The topological polar surface area (TPSA) is 49.8 Å². The van der Waals surface area contributed by atoms with Crippen LogP contribution in [-0.2, 0) is 6.42 Å². The van der Waals surface area contributed by atoms with Gasteiger partial charge >= 0.3 is 0 Å². The zero-order valence-electron chi connectivity index (χ0n) is 13.3. The highest BCUT2D eigenvalue weighted by molar-refractivity contribution is 5.55. The summed E-state index contributed by atoms with van der Waals surface area (Å²) in [4.78, 5) is 8.95. The summed E-state index contributed by atoms with van der Waals surface area (Å²) < 4.78 is 0. The van der Waals surface area contributed by atoms with Gasteiger partial charge < -0.3 is 10.6 Å². The quantitative estimate of drug-likeness (QED) is 0.836. The molecule has 0 fully saturated rings. The van der Waals surface area contributed by atoms with Crippen molar-refractivity contribution in [1.29, 1.82) is 0 Å². The highest BCUT2D eigenvalue weighted by Crippen LogP contribution is 2.17. The first-order valence-corrected chi connectivity index (χ1v) is 7.52. The van der Waals surface area contributed by atoms with Crippen LogP contribution in [0.1, 0.15) is 32.0 Å². The Balaban J connectivity index is 2.11. The van der Waals surface area contributed by atoms with Crippen LogP contribution in [0.5, 0.6) is 0 Å². The van der Waals surface area contributed by atoms with E-state index in [2.05, 4.69) is 65.6 Å². The lowest BCUT2D eigenvalue weighted by Gasteiger charge is -2.11. The molecule has 0 spiro atoms. The minimum Gasteiger partial charge on any atom is -0.370 e. The fraction of sp³-hybridized carbons (Fsp3) is 0.412. The van der Waals surface area contributed by atoms with Crippen molar-refractivity contribution in [2.45, 2.75) is 34.1 Å². The van der Waals surface area contributed by atoms with Gasteiger partial charge in [0.2, 0.25) is 5.95 Å². The monoisotopic (exact) mass is 284 g/mol. The molecule has 0 atom stereocenters. The maximum Gasteiger partial charge on any atom is 0.229 e. The predicted octanol–water partition coefficient (Wildman–Crippen LogP) is 4.16. The van der Waals surface area contributed by atoms with E-state index in [0.29, 0.717) is 11.9 Å². The van der Waals surface area contributed by atoms with Crippen molar-refractivity contribution in [3.63, 3.8) is 0 Å². The predicted molar refractivity (Wildman–Crippen MR) is 89.2 cm³/mol. The molecular weight excluding hydrogens is 260 g/mol. The summed E-state index contributed by atoms with van der Waals surface area (Å²) in [6.45, 7) is 9.39. The Labute approximate surface area is 127 Å². The molecule has 0 unspecified atom stereocenters. The molecule has 1 heterocycles.